The van der Waals surface area contributed by atoms with Gasteiger partial charge in [0, 0.05) is 22.0 Å². The largest absolute Gasteiger partial charge is 0.496 e. The quantitative estimate of drug-likeness (QED) is 0.637. The van der Waals surface area contributed by atoms with E-state index in [1.807, 2.05) is 60.0 Å². The third-order valence-corrected chi connectivity index (χ3v) is 4.62. The number of hydrogen-bond donors (Lipinski definition) is 0. The molecule has 0 radical (unpaired) electrons. The first kappa shape index (κ1) is 15.9. The van der Waals surface area contributed by atoms with Crippen LogP contribution in [-0.4, -0.2) is 21.9 Å². The highest BCUT2D eigenvalue weighted by Crippen LogP contribution is 2.30. The summed E-state index contributed by atoms with van der Waals surface area (Å²) in [6, 6.07) is 15.7. The Balaban J connectivity index is 1.87. The zero-order chi connectivity index (χ0) is 16.2. The van der Waals surface area contributed by atoms with Crippen LogP contribution in [0.2, 0.25) is 5.02 Å². The molecule has 0 aliphatic rings. The molecule has 2 aromatic carbocycles. The second-order valence-electron chi connectivity index (χ2n) is 4.95. The van der Waals surface area contributed by atoms with Crippen LogP contribution >= 0.6 is 23.4 Å². The lowest BCUT2D eigenvalue weighted by atomic mass is 10.2. The van der Waals surface area contributed by atoms with Gasteiger partial charge in [0.15, 0.2) is 5.16 Å². The molecule has 3 rings (SSSR count). The lowest BCUT2D eigenvalue weighted by Crippen LogP contribution is -1.99. The van der Waals surface area contributed by atoms with Gasteiger partial charge in [0.05, 0.1) is 7.11 Å². The maximum atomic E-state index is 6.09. The zero-order valence-corrected chi connectivity index (χ0v) is 14.4. The molecule has 0 unspecified atom stereocenters. The predicted molar refractivity (Wildman–Crippen MR) is 93.7 cm³/mol. The molecule has 0 amide bonds. The van der Waals surface area contributed by atoms with Gasteiger partial charge in [-0.25, -0.2) is 0 Å². The minimum Gasteiger partial charge on any atom is -0.496 e. The van der Waals surface area contributed by atoms with E-state index in [0.29, 0.717) is 10.8 Å². The summed E-state index contributed by atoms with van der Waals surface area (Å²) in [4.78, 5) is 0. The molecule has 0 atom stereocenters. The number of aryl methyl sites for hydroxylation is 1. The van der Waals surface area contributed by atoms with Gasteiger partial charge in [0.2, 0.25) is 0 Å². The molecular weight excluding hydrogens is 330 g/mol. The van der Waals surface area contributed by atoms with E-state index in [1.54, 1.807) is 18.9 Å². The maximum Gasteiger partial charge on any atom is 0.196 e. The topological polar surface area (TPSA) is 39.9 Å². The summed E-state index contributed by atoms with van der Waals surface area (Å²) in [6.45, 7) is 1.95. The number of halogens is 1. The number of nitrogens with zero attached hydrogens (tertiary/aromatic N) is 3. The summed E-state index contributed by atoms with van der Waals surface area (Å²) in [5, 5.41) is 10.0. The highest BCUT2D eigenvalue weighted by Gasteiger charge is 2.13. The van der Waals surface area contributed by atoms with Crippen LogP contribution in [0.25, 0.3) is 5.69 Å². The molecule has 0 bridgehead atoms. The molecule has 0 spiro atoms. The molecule has 0 saturated carbocycles. The third-order valence-electron chi connectivity index (χ3n) is 3.41. The molecule has 0 aliphatic carbocycles. The van der Waals surface area contributed by atoms with Crippen molar-refractivity contribution in [2.45, 2.75) is 17.8 Å². The van der Waals surface area contributed by atoms with Gasteiger partial charge in [-0.15, -0.1) is 10.2 Å². The lowest BCUT2D eigenvalue weighted by molar-refractivity contribution is 0.411. The molecular formula is C17H16ClN3OS. The fourth-order valence-corrected chi connectivity index (χ4v) is 3.48. The average molecular weight is 346 g/mol. The van der Waals surface area contributed by atoms with Crippen LogP contribution in [0.5, 0.6) is 5.75 Å². The Morgan fingerprint density at radius 2 is 1.91 bits per heavy atom. The summed E-state index contributed by atoms with van der Waals surface area (Å²) in [5.41, 5.74) is 2.08. The van der Waals surface area contributed by atoms with Gasteiger partial charge in [0.1, 0.15) is 11.6 Å². The number of rotatable bonds is 5. The van der Waals surface area contributed by atoms with Crippen molar-refractivity contribution in [3.63, 3.8) is 0 Å². The average Bonchev–Trinajstić information content (AvgIpc) is 2.94. The number of benzene rings is 2. The van der Waals surface area contributed by atoms with Gasteiger partial charge in [-0.05, 0) is 37.3 Å². The lowest BCUT2D eigenvalue weighted by Gasteiger charge is -2.10. The number of aromatic nitrogens is 3. The van der Waals surface area contributed by atoms with E-state index < -0.39 is 0 Å². The van der Waals surface area contributed by atoms with E-state index in [9.17, 15) is 0 Å². The molecule has 3 aromatic rings. The summed E-state index contributed by atoms with van der Waals surface area (Å²) in [7, 11) is 1.66. The molecule has 0 N–H and O–H groups in total. The molecule has 23 heavy (non-hydrogen) atoms. The van der Waals surface area contributed by atoms with Gasteiger partial charge in [0.25, 0.3) is 0 Å². The van der Waals surface area contributed by atoms with Crippen LogP contribution in [0.15, 0.2) is 53.7 Å². The van der Waals surface area contributed by atoms with Gasteiger partial charge in [-0.3, -0.25) is 4.57 Å². The van der Waals surface area contributed by atoms with Crippen LogP contribution in [0.3, 0.4) is 0 Å². The minimum absolute atomic E-state index is 0.696. The summed E-state index contributed by atoms with van der Waals surface area (Å²) < 4.78 is 7.44. The van der Waals surface area contributed by atoms with E-state index in [-0.39, 0.29) is 0 Å². The fourth-order valence-electron chi connectivity index (χ4n) is 2.31. The first-order valence-electron chi connectivity index (χ1n) is 7.11. The van der Waals surface area contributed by atoms with E-state index in [1.165, 1.54) is 0 Å². The molecule has 0 saturated heterocycles. The number of para-hydroxylation sites is 1. The SMILES string of the molecule is COc1ccc(Cl)cc1CSc1nnc(C)n1-c1ccccc1. The summed E-state index contributed by atoms with van der Waals surface area (Å²) >= 11 is 7.69. The third kappa shape index (κ3) is 3.51. The molecule has 0 fully saturated rings. The van der Waals surface area contributed by atoms with Crippen LogP contribution in [0, 0.1) is 6.92 Å². The van der Waals surface area contributed by atoms with Gasteiger partial charge in [-0.2, -0.15) is 0 Å². The van der Waals surface area contributed by atoms with Crippen molar-refractivity contribution in [3.8, 4) is 11.4 Å². The van der Waals surface area contributed by atoms with Crippen LogP contribution in [0.1, 0.15) is 11.4 Å². The maximum absolute atomic E-state index is 6.09. The molecule has 6 heteroatoms. The van der Waals surface area contributed by atoms with Crippen molar-refractivity contribution >= 4 is 23.4 Å². The summed E-state index contributed by atoms with van der Waals surface area (Å²) in [6.07, 6.45) is 0. The second-order valence-corrected chi connectivity index (χ2v) is 6.32. The Labute approximate surface area is 144 Å². The highest BCUT2D eigenvalue weighted by atomic mass is 35.5. The van der Waals surface area contributed by atoms with Crippen LogP contribution in [0.4, 0.5) is 0 Å². The number of thioether (sulfide) groups is 1. The minimum atomic E-state index is 0.696. The monoisotopic (exact) mass is 345 g/mol. The van der Waals surface area contributed by atoms with Crippen molar-refractivity contribution in [1.29, 1.82) is 0 Å². The number of hydrogen-bond acceptors (Lipinski definition) is 4. The van der Waals surface area contributed by atoms with Crippen molar-refractivity contribution in [1.82, 2.24) is 14.8 Å². The predicted octanol–water partition coefficient (Wildman–Crippen LogP) is 4.53. The van der Waals surface area contributed by atoms with Crippen molar-refractivity contribution in [2.75, 3.05) is 7.11 Å². The molecule has 118 valence electrons. The Morgan fingerprint density at radius 3 is 2.65 bits per heavy atom. The molecule has 4 nitrogen and oxygen atoms in total. The molecule has 1 heterocycles. The van der Waals surface area contributed by atoms with Crippen molar-refractivity contribution in [2.24, 2.45) is 0 Å². The van der Waals surface area contributed by atoms with Crippen LogP contribution in [-0.2, 0) is 5.75 Å². The molecule has 0 aliphatic heterocycles. The van der Waals surface area contributed by atoms with Crippen LogP contribution < -0.4 is 4.74 Å². The first-order valence-corrected chi connectivity index (χ1v) is 8.48. The van der Waals surface area contributed by atoms with E-state index in [0.717, 1.165) is 28.0 Å². The normalized spacial score (nSPS) is 10.7. The molecule has 1 aromatic heterocycles. The second kappa shape index (κ2) is 7.06. The van der Waals surface area contributed by atoms with Gasteiger partial charge in [-0.1, -0.05) is 41.6 Å². The Bertz CT molecular complexity index is 805. The standard InChI is InChI=1S/C17H16ClN3OS/c1-12-19-20-17(21(12)15-6-4-3-5-7-15)23-11-13-10-14(18)8-9-16(13)22-2/h3-10H,11H2,1-2H3. The fraction of sp³-hybridized carbons (Fsp3) is 0.176. The van der Waals surface area contributed by atoms with E-state index in [2.05, 4.69) is 10.2 Å². The Kier molecular flexibility index (Phi) is 4.88. The van der Waals surface area contributed by atoms with E-state index >= 15 is 0 Å². The smallest absolute Gasteiger partial charge is 0.196 e. The van der Waals surface area contributed by atoms with Gasteiger partial charge >= 0.3 is 0 Å². The van der Waals surface area contributed by atoms with Crippen molar-refractivity contribution in [3.05, 3.63) is 64.9 Å². The first-order chi connectivity index (χ1) is 11.2. The van der Waals surface area contributed by atoms with Gasteiger partial charge < -0.3 is 4.74 Å². The number of ether oxygens (including phenoxy) is 1. The zero-order valence-electron chi connectivity index (χ0n) is 12.9. The Morgan fingerprint density at radius 1 is 1.13 bits per heavy atom. The Hall–Kier alpha value is -1.98. The highest BCUT2D eigenvalue weighted by molar-refractivity contribution is 7.98. The van der Waals surface area contributed by atoms with Crippen molar-refractivity contribution < 1.29 is 4.74 Å². The van der Waals surface area contributed by atoms with E-state index in [4.69, 9.17) is 16.3 Å². The summed E-state index contributed by atoms with van der Waals surface area (Å²) in [5.74, 6) is 2.38. The number of methoxy groups -OCH3 is 1.